The van der Waals surface area contributed by atoms with Crippen LogP contribution >= 0.6 is 0 Å². The number of hydrogen-bond acceptors (Lipinski definition) is 2. The van der Waals surface area contributed by atoms with Crippen molar-refractivity contribution in [3.63, 3.8) is 0 Å². The molecular weight excluding hydrogens is 202 g/mol. The number of benzene rings is 1. The molecule has 2 rings (SSSR count). The summed E-state index contributed by atoms with van der Waals surface area (Å²) in [7, 11) is 1.76. The first-order chi connectivity index (χ1) is 7.77. The van der Waals surface area contributed by atoms with Gasteiger partial charge >= 0.3 is 0 Å². The van der Waals surface area contributed by atoms with E-state index < -0.39 is 0 Å². The van der Waals surface area contributed by atoms with Gasteiger partial charge in [0.25, 0.3) is 0 Å². The Bertz CT molecular complexity index is 448. The molecule has 0 aliphatic rings. The number of amides is 1. The number of para-hydroxylation sites is 1. The molecule has 0 unspecified atom stereocenters. The molecule has 3 heteroatoms. The molecular formula is C13H13NO2. The van der Waals surface area contributed by atoms with Crippen LogP contribution < -0.4 is 4.90 Å². The van der Waals surface area contributed by atoms with Crippen LogP contribution in [0, 0.1) is 0 Å². The first kappa shape index (κ1) is 10.5. The summed E-state index contributed by atoms with van der Waals surface area (Å²) in [6.07, 6.45) is 1.86. The van der Waals surface area contributed by atoms with Gasteiger partial charge in [-0.15, -0.1) is 0 Å². The Morgan fingerprint density at radius 3 is 2.56 bits per heavy atom. The van der Waals surface area contributed by atoms with Gasteiger partial charge in [-0.05, 0) is 24.3 Å². The fraction of sp³-hybridized carbons (Fsp3) is 0.154. The third-order valence-electron chi connectivity index (χ3n) is 2.42. The molecule has 0 bridgehead atoms. The third-order valence-corrected chi connectivity index (χ3v) is 2.42. The van der Waals surface area contributed by atoms with Gasteiger partial charge in [-0.3, -0.25) is 4.79 Å². The van der Waals surface area contributed by atoms with Crippen LogP contribution in [0.15, 0.2) is 53.1 Å². The van der Waals surface area contributed by atoms with Crippen molar-refractivity contribution >= 4 is 11.6 Å². The van der Waals surface area contributed by atoms with E-state index in [0.29, 0.717) is 12.2 Å². The largest absolute Gasteiger partial charge is 0.469 e. The second kappa shape index (κ2) is 4.66. The van der Waals surface area contributed by atoms with Crippen molar-refractivity contribution in [2.24, 2.45) is 0 Å². The molecule has 1 heterocycles. The van der Waals surface area contributed by atoms with Crippen LogP contribution in [0.5, 0.6) is 0 Å². The standard InChI is InChI=1S/C13H13NO2/c1-14(11-6-3-2-4-7-11)13(15)10-12-8-5-9-16-12/h2-9H,10H2,1H3. The predicted octanol–water partition coefficient (Wildman–Crippen LogP) is 2.49. The van der Waals surface area contributed by atoms with Crippen molar-refractivity contribution in [3.8, 4) is 0 Å². The normalized spacial score (nSPS) is 10.1. The van der Waals surface area contributed by atoms with Crippen LogP contribution in [-0.2, 0) is 11.2 Å². The van der Waals surface area contributed by atoms with E-state index in [2.05, 4.69) is 0 Å². The third kappa shape index (κ3) is 2.31. The Kier molecular flexibility index (Phi) is 3.05. The molecule has 0 atom stereocenters. The van der Waals surface area contributed by atoms with Crippen molar-refractivity contribution in [2.45, 2.75) is 6.42 Å². The maximum absolute atomic E-state index is 11.9. The first-order valence-electron chi connectivity index (χ1n) is 5.11. The zero-order valence-corrected chi connectivity index (χ0v) is 9.09. The van der Waals surface area contributed by atoms with E-state index in [4.69, 9.17) is 4.42 Å². The minimum Gasteiger partial charge on any atom is -0.469 e. The summed E-state index contributed by atoms with van der Waals surface area (Å²) in [6.45, 7) is 0. The molecule has 0 aliphatic heterocycles. The van der Waals surface area contributed by atoms with E-state index in [1.54, 1.807) is 30.3 Å². The average Bonchev–Trinajstić information content (AvgIpc) is 2.82. The molecule has 0 saturated carbocycles. The van der Waals surface area contributed by atoms with Crippen LogP contribution in [0.1, 0.15) is 5.76 Å². The van der Waals surface area contributed by atoms with Gasteiger partial charge < -0.3 is 9.32 Å². The van der Waals surface area contributed by atoms with Gasteiger partial charge in [0.05, 0.1) is 12.7 Å². The minimum absolute atomic E-state index is 0.0150. The average molecular weight is 215 g/mol. The summed E-state index contributed by atoms with van der Waals surface area (Å²) in [6, 6.07) is 13.1. The van der Waals surface area contributed by atoms with Crippen LogP contribution in [0.2, 0.25) is 0 Å². The van der Waals surface area contributed by atoms with Crippen LogP contribution in [0.25, 0.3) is 0 Å². The number of hydrogen-bond donors (Lipinski definition) is 0. The van der Waals surface area contributed by atoms with E-state index in [-0.39, 0.29) is 5.91 Å². The van der Waals surface area contributed by atoms with Gasteiger partial charge in [0.1, 0.15) is 5.76 Å². The van der Waals surface area contributed by atoms with Gasteiger partial charge in [-0.25, -0.2) is 0 Å². The van der Waals surface area contributed by atoms with Crippen LogP contribution in [-0.4, -0.2) is 13.0 Å². The Labute approximate surface area is 94.3 Å². The quantitative estimate of drug-likeness (QED) is 0.788. The van der Waals surface area contributed by atoms with Crippen molar-refractivity contribution in [1.82, 2.24) is 0 Å². The SMILES string of the molecule is CN(C(=O)Cc1ccco1)c1ccccc1. The molecule has 1 aromatic carbocycles. The number of likely N-dealkylation sites (N-methyl/N-ethyl adjacent to an activating group) is 1. The van der Waals surface area contributed by atoms with Gasteiger partial charge in [0.2, 0.25) is 5.91 Å². The van der Waals surface area contributed by atoms with Gasteiger partial charge in [-0.1, -0.05) is 18.2 Å². The molecule has 0 saturated heterocycles. The van der Waals surface area contributed by atoms with E-state index >= 15 is 0 Å². The van der Waals surface area contributed by atoms with E-state index in [9.17, 15) is 4.79 Å². The van der Waals surface area contributed by atoms with Crippen LogP contribution in [0.4, 0.5) is 5.69 Å². The fourth-order valence-electron chi connectivity index (χ4n) is 1.48. The number of furan rings is 1. The predicted molar refractivity (Wildman–Crippen MR) is 62.3 cm³/mol. The van der Waals surface area contributed by atoms with Crippen molar-refractivity contribution < 1.29 is 9.21 Å². The summed E-state index contributed by atoms with van der Waals surface area (Å²) in [5.41, 5.74) is 0.888. The highest BCUT2D eigenvalue weighted by molar-refractivity contribution is 5.93. The molecule has 0 aliphatic carbocycles. The summed E-state index contributed by atoms with van der Waals surface area (Å²) in [4.78, 5) is 13.5. The Balaban J connectivity index is 2.05. The Hall–Kier alpha value is -2.03. The van der Waals surface area contributed by atoms with Gasteiger partial charge in [0, 0.05) is 12.7 Å². The lowest BCUT2D eigenvalue weighted by Gasteiger charge is -2.16. The molecule has 1 amide bonds. The van der Waals surface area contributed by atoms with Crippen molar-refractivity contribution in [2.75, 3.05) is 11.9 Å². The zero-order valence-electron chi connectivity index (χ0n) is 9.09. The smallest absolute Gasteiger partial charge is 0.234 e. The number of nitrogens with zero attached hydrogens (tertiary/aromatic N) is 1. The highest BCUT2D eigenvalue weighted by Crippen LogP contribution is 2.13. The highest BCUT2D eigenvalue weighted by Gasteiger charge is 2.12. The number of anilines is 1. The first-order valence-corrected chi connectivity index (χ1v) is 5.11. The maximum atomic E-state index is 11.9. The Morgan fingerprint density at radius 2 is 1.94 bits per heavy atom. The molecule has 0 radical (unpaired) electrons. The molecule has 1 aromatic heterocycles. The topological polar surface area (TPSA) is 33.5 Å². The molecule has 3 nitrogen and oxygen atoms in total. The second-order valence-electron chi connectivity index (χ2n) is 3.54. The summed E-state index contributed by atoms with van der Waals surface area (Å²) < 4.78 is 5.14. The van der Waals surface area contributed by atoms with Crippen LogP contribution in [0.3, 0.4) is 0 Å². The van der Waals surface area contributed by atoms with E-state index in [1.807, 2.05) is 30.3 Å². The lowest BCUT2D eigenvalue weighted by molar-refractivity contribution is -0.117. The van der Waals surface area contributed by atoms with E-state index in [1.165, 1.54) is 0 Å². The number of carbonyl (C=O) groups excluding carboxylic acids is 1. The summed E-state index contributed by atoms with van der Waals surface area (Å²) in [5, 5.41) is 0. The van der Waals surface area contributed by atoms with E-state index in [0.717, 1.165) is 5.69 Å². The molecule has 0 N–H and O–H groups in total. The lowest BCUT2D eigenvalue weighted by atomic mass is 10.2. The second-order valence-corrected chi connectivity index (χ2v) is 3.54. The summed E-state index contributed by atoms with van der Waals surface area (Å²) >= 11 is 0. The lowest BCUT2D eigenvalue weighted by Crippen LogP contribution is -2.27. The molecule has 0 fully saturated rings. The summed E-state index contributed by atoms with van der Waals surface area (Å²) in [5.74, 6) is 0.703. The van der Waals surface area contributed by atoms with Gasteiger partial charge in [0.15, 0.2) is 0 Å². The highest BCUT2D eigenvalue weighted by atomic mass is 16.3. The maximum Gasteiger partial charge on any atom is 0.234 e. The van der Waals surface area contributed by atoms with Crippen molar-refractivity contribution in [3.05, 3.63) is 54.5 Å². The minimum atomic E-state index is 0.0150. The number of carbonyl (C=O) groups is 1. The molecule has 0 spiro atoms. The molecule has 82 valence electrons. The van der Waals surface area contributed by atoms with Crippen molar-refractivity contribution in [1.29, 1.82) is 0 Å². The number of rotatable bonds is 3. The van der Waals surface area contributed by atoms with Gasteiger partial charge in [-0.2, -0.15) is 0 Å². The monoisotopic (exact) mass is 215 g/mol. The molecule has 16 heavy (non-hydrogen) atoms. The Morgan fingerprint density at radius 1 is 1.19 bits per heavy atom. The molecule has 2 aromatic rings. The zero-order chi connectivity index (χ0) is 11.4. The fourth-order valence-corrected chi connectivity index (χ4v) is 1.48.